The van der Waals surface area contributed by atoms with E-state index < -0.39 is 5.41 Å². The van der Waals surface area contributed by atoms with Gasteiger partial charge in [0.2, 0.25) is 0 Å². The molecule has 0 amide bonds. The Morgan fingerprint density at radius 2 is 1.56 bits per heavy atom. The molecule has 3 aromatic rings. The zero-order chi connectivity index (χ0) is 17.3. The summed E-state index contributed by atoms with van der Waals surface area (Å²) < 4.78 is 7.69. The van der Waals surface area contributed by atoms with Crippen LogP contribution in [-0.2, 0) is 21.5 Å². The fraction of sp³-hybridized carbons (Fsp3) is 0.238. The lowest BCUT2D eigenvalue weighted by atomic mass is 9.66. The molecule has 0 radical (unpaired) electrons. The van der Waals surface area contributed by atoms with Crippen LogP contribution in [0.3, 0.4) is 0 Å². The lowest BCUT2D eigenvalue weighted by Gasteiger charge is -2.31. The number of hydrogen-bond acceptors (Lipinski definition) is 3. The number of carbonyl (C=O) groups excluding carboxylic acids is 1. The largest absolute Gasteiger partial charge is 0.459 e. The quantitative estimate of drug-likeness (QED) is 0.647. The van der Waals surface area contributed by atoms with Gasteiger partial charge in [-0.05, 0) is 17.2 Å². The summed E-state index contributed by atoms with van der Waals surface area (Å²) in [6.45, 7) is 2.65. The van der Waals surface area contributed by atoms with Gasteiger partial charge < -0.3 is 10.2 Å². The first kappa shape index (κ1) is 20.7. The number of rotatable bonds is 4. The number of nitrogens with zero attached hydrogens (tertiary/aromatic N) is 2. The average Bonchev–Trinajstić information content (AvgIpc) is 3.24. The molecule has 0 aliphatic carbocycles. The molecule has 2 aromatic carbocycles. The van der Waals surface area contributed by atoms with E-state index in [9.17, 15) is 4.79 Å². The monoisotopic (exact) mass is 386 g/mol. The fourth-order valence-corrected chi connectivity index (χ4v) is 3.92. The highest BCUT2D eigenvalue weighted by Gasteiger charge is 2.57. The van der Waals surface area contributed by atoms with Crippen LogP contribution < -0.4 is 0 Å². The Bertz CT molecular complexity index is 814. The van der Waals surface area contributed by atoms with Crippen molar-refractivity contribution in [2.45, 2.75) is 25.0 Å². The molecule has 142 valence electrons. The highest BCUT2D eigenvalue weighted by molar-refractivity contribution is 5.90. The Balaban J connectivity index is 0.00000131. The second-order valence-corrected chi connectivity index (χ2v) is 6.50. The first-order valence-electron chi connectivity index (χ1n) is 8.52. The predicted octanol–water partition coefficient (Wildman–Crippen LogP) is 3.03. The van der Waals surface area contributed by atoms with Crippen LogP contribution in [0.2, 0.25) is 0 Å². The molecule has 0 spiro atoms. The first-order chi connectivity index (χ1) is 12.2. The molecule has 2 heterocycles. The van der Waals surface area contributed by atoms with Crippen LogP contribution in [0.5, 0.6) is 0 Å². The number of benzene rings is 2. The van der Waals surface area contributed by atoms with Gasteiger partial charge in [0.25, 0.3) is 0 Å². The van der Waals surface area contributed by atoms with Gasteiger partial charge in [-0.15, -0.1) is 12.4 Å². The molecule has 5 nitrogen and oxygen atoms in total. The number of esters is 1. The molecule has 6 heteroatoms. The van der Waals surface area contributed by atoms with Crippen LogP contribution in [0.15, 0.2) is 79.1 Å². The second kappa shape index (κ2) is 8.37. The van der Waals surface area contributed by atoms with E-state index in [4.69, 9.17) is 4.74 Å². The zero-order valence-corrected chi connectivity index (χ0v) is 15.8. The number of cyclic esters (lactones) is 1. The van der Waals surface area contributed by atoms with Gasteiger partial charge in [-0.25, -0.2) is 0 Å². The Kier molecular flexibility index (Phi) is 6.41. The van der Waals surface area contributed by atoms with Crippen molar-refractivity contribution >= 4 is 18.4 Å². The van der Waals surface area contributed by atoms with E-state index in [1.807, 2.05) is 77.6 Å². The van der Waals surface area contributed by atoms with Crippen LogP contribution in [0.4, 0.5) is 0 Å². The van der Waals surface area contributed by atoms with Crippen molar-refractivity contribution in [3.63, 3.8) is 0 Å². The molecule has 4 rings (SSSR count). The van der Waals surface area contributed by atoms with Gasteiger partial charge in [-0.2, -0.15) is 5.10 Å². The van der Waals surface area contributed by atoms with Gasteiger partial charge in [0.05, 0.1) is 6.54 Å². The van der Waals surface area contributed by atoms with Crippen LogP contribution in [0, 0.1) is 5.92 Å². The van der Waals surface area contributed by atoms with E-state index in [2.05, 4.69) is 12.0 Å². The molecule has 2 N–H and O–H groups in total. The molecule has 1 aliphatic heterocycles. The van der Waals surface area contributed by atoms with E-state index in [1.165, 1.54) is 0 Å². The predicted molar refractivity (Wildman–Crippen MR) is 106 cm³/mol. The summed E-state index contributed by atoms with van der Waals surface area (Å²) >= 11 is 0. The number of carbonyl (C=O) groups is 1. The van der Waals surface area contributed by atoms with E-state index in [1.54, 1.807) is 6.20 Å². The molecule has 2 unspecified atom stereocenters. The van der Waals surface area contributed by atoms with E-state index in [-0.39, 0.29) is 35.9 Å². The van der Waals surface area contributed by atoms with Crippen molar-refractivity contribution in [1.29, 1.82) is 0 Å². The third kappa shape index (κ3) is 3.36. The smallest absolute Gasteiger partial charge is 0.321 e. The summed E-state index contributed by atoms with van der Waals surface area (Å²) in [6.07, 6.45) is 3.40. The number of aromatic nitrogens is 2. The highest BCUT2D eigenvalue weighted by atomic mass is 35.5. The van der Waals surface area contributed by atoms with Crippen LogP contribution >= 0.6 is 12.4 Å². The highest BCUT2D eigenvalue weighted by Crippen LogP contribution is 2.47. The molecule has 0 saturated carbocycles. The molecular weight excluding hydrogens is 364 g/mol. The summed E-state index contributed by atoms with van der Waals surface area (Å²) in [7, 11) is 0. The third-order valence-corrected chi connectivity index (χ3v) is 5.21. The molecular formula is C21H23ClN2O3. The maximum absolute atomic E-state index is 13.2. The minimum Gasteiger partial charge on any atom is -0.459 e. The normalized spacial score (nSPS) is 20.3. The van der Waals surface area contributed by atoms with E-state index in [0.29, 0.717) is 6.54 Å². The maximum Gasteiger partial charge on any atom is 0.321 e. The summed E-state index contributed by atoms with van der Waals surface area (Å²) in [5, 5.41) is 4.26. The molecule has 1 saturated heterocycles. The SMILES string of the molecule is CC1C(Cn2cccn2)OC(=O)C1(c1ccccc1)c1ccccc1.Cl.O. The number of hydrogen-bond donors (Lipinski definition) is 0. The molecule has 0 bridgehead atoms. The zero-order valence-electron chi connectivity index (χ0n) is 15.0. The summed E-state index contributed by atoms with van der Waals surface area (Å²) in [4.78, 5) is 13.2. The van der Waals surface area contributed by atoms with Crippen molar-refractivity contribution in [3.8, 4) is 0 Å². The first-order valence-corrected chi connectivity index (χ1v) is 8.52. The van der Waals surface area contributed by atoms with E-state index >= 15 is 0 Å². The average molecular weight is 387 g/mol. The van der Waals surface area contributed by atoms with Gasteiger partial charge in [0, 0.05) is 18.3 Å². The van der Waals surface area contributed by atoms with E-state index in [0.717, 1.165) is 11.1 Å². The molecule has 1 aliphatic rings. The lowest BCUT2D eigenvalue weighted by Crippen LogP contribution is -2.39. The van der Waals surface area contributed by atoms with Crippen LogP contribution in [-0.4, -0.2) is 27.3 Å². The third-order valence-electron chi connectivity index (χ3n) is 5.21. The Hall–Kier alpha value is -2.63. The molecule has 1 fully saturated rings. The van der Waals surface area contributed by atoms with Gasteiger partial charge in [-0.3, -0.25) is 9.48 Å². The Morgan fingerprint density at radius 1 is 1.00 bits per heavy atom. The lowest BCUT2D eigenvalue weighted by molar-refractivity contribution is -0.145. The summed E-state index contributed by atoms with van der Waals surface area (Å²) in [6, 6.07) is 21.8. The Morgan fingerprint density at radius 3 is 2.04 bits per heavy atom. The minimum absolute atomic E-state index is 0. The second-order valence-electron chi connectivity index (χ2n) is 6.50. The van der Waals surface area contributed by atoms with Crippen molar-refractivity contribution in [2.24, 2.45) is 5.92 Å². The fourth-order valence-electron chi connectivity index (χ4n) is 3.92. The standard InChI is InChI=1S/C21H20N2O2.ClH.H2O/c1-16-19(15-23-14-8-13-22-23)25-20(24)21(16,17-9-4-2-5-10-17)18-11-6-3-7-12-18;;/h2-14,16,19H,15H2,1H3;1H;1H2. The summed E-state index contributed by atoms with van der Waals surface area (Å²) in [5.74, 6) is -0.205. The van der Waals surface area contributed by atoms with Crippen molar-refractivity contribution in [1.82, 2.24) is 9.78 Å². The number of ether oxygens (including phenoxy) is 1. The number of halogens is 1. The molecule has 2 atom stereocenters. The van der Waals surface area contributed by atoms with Gasteiger partial charge >= 0.3 is 5.97 Å². The van der Waals surface area contributed by atoms with Crippen molar-refractivity contribution in [3.05, 3.63) is 90.3 Å². The topological polar surface area (TPSA) is 75.6 Å². The maximum atomic E-state index is 13.2. The van der Waals surface area contributed by atoms with Crippen LogP contribution in [0.1, 0.15) is 18.1 Å². The van der Waals surface area contributed by atoms with Gasteiger partial charge in [0.15, 0.2) is 0 Å². The van der Waals surface area contributed by atoms with Gasteiger partial charge in [-0.1, -0.05) is 67.6 Å². The molecule has 27 heavy (non-hydrogen) atoms. The van der Waals surface area contributed by atoms with Crippen LogP contribution in [0.25, 0.3) is 0 Å². The van der Waals surface area contributed by atoms with Crippen molar-refractivity contribution < 1.29 is 15.0 Å². The minimum atomic E-state index is -0.791. The van der Waals surface area contributed by atoms with Gasteiger partial charge in [0.1, 0.15) is 11.5 Å². The van der Waals surface area contributed by atoms with Crippen molar-refractivity contribution in [2.75, 3.05) is 0 Å². The Labute approximate surface area is 164 Å². The summed E-state index contributed by atoms with van der Waals surface area (Å²) in [5.41, 5.74) is 1.16. The molecule has 1 aromatic heterocycles.